The summed E-state index contributed by atoms with van der Waals surface area (Å²) >= 11 is 0. The highest BCUT2D eigenvalue weighted by Gasteiger charge is 2.22. The van der Waals surface area contributed by atoms with E-state index >= 15 is 0 Å². The Bertz CT molecular complexity index is 855. The van der Waals surface area contributed by atoms with Crippen LogP contribution in [0.4, 0.5) is 5.69 Å². The first-order chi connectivity index (χ1) is 13.0. The molecule has 1 heterocycles. The van der Waals surface area contributed by atoms with Gasteiger partial charge in [-0.1, -0.05) is 36.4 Å². The third-order valence-electron chi connectivity index (χ3n) is 4.98. The highest BCUT2D eigenvalue weighted by atomic mass is 16.6. The molecule has 3 rings (SSSR count). The number of benzene rings is 2. The maximum atomic E-state index is 12.4. The maximum absolute atomic E-state index is 12.4. The van der Waals surface area contributed by atoms with Gasteiger partial charge in [0, 0.05) is 23.8 Å². The van der Waals surface area contributed by atoms with Crippen LogP contribution >= 0.6 is 0 Å². The van der Waals surface area contributed by atoms with E-state index in [1.807, 2.05) is 4.90 Å². The number of piperazine rings is 1. The monoisotopic (exact) mass is 366 g/mol. The molecule has 1 aliphatic rings. The summed E-state index contributed by atoms with van der Waals surface area (Å²) in [6.07, 6.45) is 3.15. The first-order valence-electron chi connectivity index (χ1n) is 9.12. The molecule has 0 aromatic heterocycles. The fraction of sp³-hybridized carbons (Fsp3) is 0.286. The van der Waals surface area contributed by atoms with Gasteiger partial charge in [-0.05, 0) is 24.1 Å². The molecule has 1 N–H and O–H groups in total. The van der Waals surface area contributed by atoms with Crippen molar-refractivity contribution in [2.45, 2.75) is 13.5 Å². The fourth-order valence-electron chi connectivity index (χ4n) is 3.31. The number of nitro groups is 1. The minimum absolute atomic E-state index is 0.0259. The normalized spacial score (nSPS) is 15.2. The van der Waals surface area contributed by atoms with Gasteiger partial charge in [0.05, 0.1) is 31.1 Å². The van der Waals surface area contributed by atoms with Crippen molar-refractivity contribution in [1.29, 1.82) is 0 Å². The van der Waals surface area contributed by atoms with E-state index in [-0.39, 0.29) is 11.6 Å². The lowest BCUT2D eigenvalue weighted by Gasteiger charge is -2.32. The second kappa shape index (κ2) is 8.60. The Morgan fingerprint density at radius 1 is 1.19 bits per heavy atom. The van der Waals surface area contributed by atoms with Crippen LogP contribution in [0.5, 0.6) is 0 Å². The van der Waals surface area contributed by atoms with Crippen LogP contribution in [-0.4, -0.2) is 41.9 Å². The lowest BCUT2D eigenvalue weighted by atomic mass is 10.1. The van der Waals surface area contributed by atoms with Crippen LogP contribution in [-0.2, 0) is 11.3 Å². The summed E-state index contributed by atoms with van der Waals surface area (Å²) < 4.78 is 0. The Morgan fingerprint density at radius 3 is 2.63 bits per heavy atom. The summed E-state index contributed by atoms with van der Waals surface area (Å²) in [4.78, 5) is 26.1. The number of nitrogens with one attached hydrogen (secondary N) is 1. The SMILES string of the molecule is Cc1ccccc1C[NH+]1CCN(C(=O)/C=C/c2cccc([N+](=O)[O-])c2)CC1. The zero-order valence-corrected chi connectivity index (χ0v) is 15.4. The Morgan fingerprint density at radius 2 is 1.93 bits per heavy atom. The summed E-state index contributed by atoms with van der Waals surface area (Å²) in [7, 11) is 0. The number of carbonyl (C=O) groups excluding carboxylic acids is 1. The quantitative estimate of drug-likeness (QED) is 0.499. The van der Waals surface area contributed by atoms with Crippen molar-refractivity contribution in [2.75, 3.05) is 26.2 Å². The summed E-state index contributed by atoms with van der Waals surface area (Å²) in [6, 6.07) is 14.7. The standard InChI is InChI=1S/C21H23N3O3/c1-17-5-2-3-7-19(17)16-22-11-13-23(14-12-22)21(25)10-9-18-6-4-8-20(15-18)24(26)27/h2-10,15H,11-14,16H2,1H3/p+1/b10-9+. The predicted octanol–water partition coefficient (Wildman–Crippen LogP) is 1.84. The molecule has 140 valence electrons. The molecule has 2 aromatic rings. The smallest absolute Gasteiger partial charge is 0.270 e. The molecule has 0 atom stereocenters. The number of hydrogen-bond acceptors (Lipinski definition) is 3. The molecule has 0 saturated carbocycles. The van der Waals surface area contributed by atoms with Gasteiger partial charge in [-0.3, -0.25) is 14.9 Å². The van der Waals surface area contributed by atoms with Crippen molar-refractivity contribution >= 4 is 17.7 Å². The van der Waals surface area contributed by atoms with Crippen LogP contribution in [0.3, 0.4) is 0 Å². The van der Waals surface area contributed by atoms with Crippen molar-refractivity contribution in [1.82, 2.24) is 4.90 Å². The summed E-state index contributed by atoms with van der Waals surface area (Å²) in [5.41, 5.74) is 3.35. The Labute approximate surface area is 158 Å². The second-order valence-electron chi connectivity index (χ2n) is 6.86. The highest BCUT2D eigenvalue weighted by molar-refractivity contribution is 5.91. The van der Waals surface area contributed by atoms with Gasteiger partial charge in [-0.15, -0.1) is 0 Å². The van der Waals surface area contributed by atoms with E-state index in [0.29, 0.717) is 5.56 Å². The number of rotatable bonds is 5. The Kier molecular flexibility index (Phi) is 5.98. The van der Waals surface area contributed by atoms with Gasteiger partial charge in [-0.25, -0.2) is 0 Å². The lowest BCUT2D eigenvalue weighted by molar-refractivity contribution is -0.917. The van der Waals surface area contributed by atoms with Crippen molar-refractivity contribution in [3.8, 4) is 0 Å². The molecule has 6 nitrogen and oxygen atoms in total. The summed E-state index contributed by atoms with van der Waals surface area (Å²) in [5.74, 6) is -0.0450. The number of carbonyl (C=O) groups is 1. The lowest BCUT2D eigenvalue weighted by Crippen LogP contribution is -3.13. The zero-order valence-electron chi connectivity index (χ0n) is 15.4. The van der Waals surface area contributed by atoms with E-state index in [4.69, 9.17) is 0 Å². The molecule has 1 fully saturated rings. The molecule has 0 unspecified atom stereocenters. The van der Waals surface area contributed by atoms with Crippen molar-refractivity contribution in [3.63, 3.8) is 0 Å². The molecule has 0 spiro atoms. The molecule has 1 amide bonds. The van der Waals surface area contributed by atoms with E-state index in [2.05, 4.69) is 31.2 Å². The summed E-state index contributed by atoms with van der Waals surface area (Å²) in [5, 5.41) is 10.8. The van der Waals surface area contributed by atoms with E-state index < -0.39 is 4.92 Å². The Hall–Kier alpha value is -2.99. The minimum Gasteiger partial charge on any atom is -0.328 e. The highest BCUT2D eigenvalue weighted by Crippen LogP contribution is 2.14. The third-order valence-corrected chi connectivity index (χ3v) is 4.98. The molecule has 1 saturated heterocycles. The van der Waals surface area contributed by atoms with E-state index in [1.54, 1.807) is 18.2 Å². The Balaban J connectivity index is 1.53. The average Bonchev–Trinajstić information content (AvgIpc) is 2.68. The predicted molar refractivity (Wildman–Crippen MR) is 104 cm³/mol. The van der Waals surface area contributed by atoms with Crippen LogP contribution in [0, 0.1) is 17.0 Å². The van der Waals surface area contributed by atoms with Crippen LogP contribution in [0.15, 0.2) is 54.6 Å². The third kappa shape index (κ3) is 5.01. The molecule has 2 aromatic carbocycles. The van der Waals surface area contributed by atoms with Crippen molar-refractivity contribution < 1.29 is 14.6 Å². The van der Waals surface area contributed by atoms with Crippen molar-refractivity contribution in [2.24, 2.45) is 0 Å². The number of amides is 1. The first kappa shape index (κ1) is 18.8. The maximum Gasteiger partial charge on any atom is 0.270 e. The fourth-order valence-corrected chi connectivity index (χ4v) is 3.31. The topological polar surface area (TPSA) is 67.9 Å². The van der Waals surface area contributed by atoms with Gasteiger partial charge in [0.1, 0.15) is 6.54 Å². The number of nitro benzene ring substituents is 1. The van der Waals surface area contributed by atoms with Crippen LogP contribution in [0.1, 0.15) is 16.7 Å². The van der Waals surface area contributed by atoms with Crippen LogP contribution in [0.25, 0.3) is 6.08 Å². The number of hydrogen-bond donors (Lipinski definition) is 1. The average molecular weight is 366 g/mol. The number of aryl methyl sites for hydroxylation is 1. The number of nitrogens with zero attached hydrogens (tertiary/aromatic N) is 2. The van der Waals surface area contributed by atoms with Crippen LogP contribution < -0.4 is 4.90 Å². The molecular formula is C21H24N3O3+. The second-order valence-corrected chi connectivity index (χ2v) is 6.86. The van der Waals surface area contributed by atoms with Gasteiger partial charge in [0.25, 0.3) is 5.69 Å². The largest absolute Gasteiger partial charge is 0.328 e. The van der Waals surface area contributed by atoms with Gasteiger partial charge in [-0.2, -0.15) is 0 Å². The molecule has 6 heteroatoms. The molecule has 27 heavy (non-hydrogen) atoms. The van der Waals surface area contributed by atoms with Crippen LogP contribution in [0.2, 0.25) is 0 Å². The first-order valence-corrected chi connectivity index (χ1v) is 9.12. The molecule has 0 aliphatic carbocycles. The molecule has 0 bridgehead atoms. The van der Waals surface area contributed by atoms with E-state index in [0.717, 1.165) is 32.7 Å². The van der Waals surface area contributed by atoms with Gasteiger partial charge < -0.3 is 9.80 Å². The summed E-state index contributed by atoms with van der Waals surface area (Å²) in [6.45, 7) is 6.40. The van der Waals surface area contributed by atoms with Gasteiger partial charge in [0.2, 0.25) is 5.91 Å². The minimum atomic E-state index is -0.435. The molecule has 1 aliphatic heterocycles. The molecule has 0 radical (unpaired) electrons. The number of non-ortho nitro benzene ring substituents is 1. The van der Waals surface area contributed by atoms with Gasteiger partial charge >= 0.3 is 0 Å². The number of quaternary nitrogens is 1. The van der Waals surface area contributed by atoms with Gasteiger partial charge in [0.15, 0.2) is 0 Å². The zero-order chi connectivity index (χ0) is 19.2. The van der Waals surface area contributed by atoms with Crippen molar-refractivity contribution in [3.05, 3.63) is 81.4 Å². The van der Waals surface area contributed by atoms with E-state index in [1.165, 1.54) is 34.2 Å². The van der Waals surface area contributed by atoms with E-state index in [9.17, 15) is 14.9 Å². The molecular weight excluding hydrogens is 342 g/mol.